The van der Waals surface area contributed by atoms with E-state index < -0.39 is 0 Å². The van der Waals surface area contributed by atoms with Crippen molar-refractivity contribution in [1.82, 2.24) is 0 Å². The van der Waals surface area contributed by atoms with Crippen LogP contribution >= 0.6 is 15.9 Å². The van der Waals surface area contributed by atoms with Crippen molar-refractivity contribution in [3.8, 4) is 11.3 Å². The zero-order valence-corrected chi connectivity index (χ0v) is 14.0. The Kier molecular flexibility index (Phi) is 4.89. The molecule has 1 aromatic heterocycles. The minimum absolute atomic E-state index is 0.329. The van der Waals surface area contributed by atoms with Crippen molar-refractivity contribution >= 4 is 22.0 Å². The summed E-state index contributed by atoms with van der Waals surface area (Å²) in [6.45, 7) is 0. The highest BCUT2D eigenvalue weighted by Gasteiger charge is 2.07. The molecular formula is C20H15BrO2. The van der Waals surface area contributed by atoms with Gasteiger partial charge in [0.2, 0.25) is 0 Å². The summed E-state index contributed by atoms with van der Waals surface area (Å²) in [5.41, 5.74) is 2.71. The van der Waals surface area contributed by atoms with Gasteiger partial charge >= 0.3 is 5.63 Å². The second-order valence-corrected chi connectivity index (χ2v) is 6.05. The van der Waals surface area contributed by atoms with Crippen LogP contribution in [0.2, 0.25) is 0 Å². The maximum atomic E-state index is 11.6. The van der Waals surface area contributed by atoms with Crippen molar-refractivity contribution in [1.29, 1.82) is 0 Å². The third-order valence-corrected chi connectivity index (χ3v) is 4.00. The zero-order valence-electron chi connectivity index (χ0n) is 12.4. The van der Waals surface area contributed by atoms with Crippen LogP contribution in [-0.2, 0) is 6.42 Å². The maximum absolute atomic E-state index is 11.6. The molecule has 0 aliphatic heterocycles. The van der Waals surface area contributed by atoms with Crippen molar-refractivity contribution < 1.29 is 4.42 Å². The zero-order chi connectivity index (χ0) is 16.1. The third kappa shape index (κ3) is 4.08. The lowest BCUT2D eigenvalue weighted by Gasteiger charge is -2.05. The van der Waals surface area contributed by atoms with E-state index in [9.17, 15) is 4.79 Å². The topological polar surface area (TPSA) is 30.2 Å². The third-order valence-electron chi connectivity index (χ3n) is 3.47. The molecule has 1 heterocycles. The van der Waals surface area contributed by atoms with Crippen LogP contribution in [0.1, 0.15) is 11.1 Å². The summed E-state index contributed by atoms with van der Waals surface area (Å²) in [6, 6.07) is 21.1. The van der Waals surface area contributed by atoms with Gasteiger partial charge in [-0.3, -0.25) is 0 Å². The fourth-order valence-corrected chi connectivity index (χ4v) is 2.60. The van der Waals surface area contributed by atoms with Gasteiger partial charge in [0.15, 0.2) is 0 Å². The van der Waals surface area contributed by atoms with E-state index in [1.54, 1.807) is 0 Å². The van der Waals surface area contributed by atoms with Crippen molar-refractivity contribution in [3.05, 3.63) is 98.8 Å². The number of hydrogen-bond donors (Lipinski definition) is 0. The number of allylic oxidation sites excluding steroid dienone is 1. The molecule has 0 aliphatic carbocycles. The molecule has 0 radical (unpaired) electrons. The molecule has 3 aromatic rings. The molecule has 0 amide bonds. The van der Waals surface area contributed by atoms with E-state index in [4.69, 9.17) is 4.42 Å². The van der Waals surface area contributed by atoms with E-state index >= 15 is 0 Å². The fourth-order valence-electron chi connectivity index (χ4n) is 2.33. The Bertz CT molecular complexity index is 862. The standard InChI is InChI=1S/C20H15BrO2/c21-18-12-9-15(10-13-18)5-4-8-17-11-14-19(22)23-20(17)16-6-2-1-3-7-16/h1-7,9-14H,8H2/b5-4+. The van der Waals surface area contributed by atoms with Gasteiger partial charge < -0.3 is 4.42 Å². The van der Waals surface area contributed by atoms with Gasteiger partial charge in [-0.05, 0) is 35.7 Å². The SMILES string of the molecule is O=c1ccc(C/C=C/c2ccc(Br)cc2)c(-c2ccccc2)o1. The van der Waals surface area contributed by atoms with Crippen molar-refractivity contribution in [2.45, 2.75) is 6.42 Å². The molecule has 2 aromatic carbocycles. The molecule has 3 heteroatoms. The van der Waals surface area contributed by atoms with E-state index in [2.05, 4.69) is 28.1 Å². The summed E-state index contributed by atoms with van der Waals surface area (Å²) in [7, 11) is 0. The van der Waals surface area contributed by atoms with Crippen LogP contribution < -0.4 is 5.63 Å². The fraction of sp³-hybridized carbons (Fsp3) is 0.0500. The minimum atomic E-state index is -0.329. The summed E-state index contributed by atoms with van der Waals surface area (Å²) in [5, 5.41) is 0. The van der Waals surface area contributed by atoms with E-state index in [1.165, 1.54) is 6.07 Å². The predicted molar refractivity (Wildman–Crippen MR) is 97.3 cm³/mol. The molecule has 0 aliphatic rings. The monoisotopic (exact) mass is 366 g/mol. The lowest BCUT2D eigenvalue weighted by molar-refractivity contribution is 0.521. The van der Waals surface area contributed by atoms with Crippen molar-refractivity contribution in [2.24, 2.45) is 0 Å². The van der Waals surface area contributed by atoms with E-state index in [0.717, 1.165) is 21.2 Å². The van der Waals surface area contributed by atoms with Crippen LogP contribution in [-0.4, -0.2) is 0 Å². The lowest BCUT2D eigenvalue weighted by Crippen LogP contribution is -2.00. The molecule has 2 nitrogen and oxygen atoms in total. The molecule has 0 N–H and O–H groups in total. The van der Waals surface area contributed by atoms with Crippen molar-refractivity contribution in [2.75, 3.05) is 0 Å². The van der Waals surface area contributed by atoms with Crippen LogP contribution in [0.15, 0.2) is 86.5 Å². The first-order valence-corrected chi connectivity index (χ1v) is 8.12. The average Bonchev–Trinajstić information content (AvgIpc) is 2.59. The summed E-state index contributed by atoms with van der Waals surface area (Å²) in [5.74, 6) is 0.638. The van der Waals surface area contributed by atoms with Gasteiger partial charge in [0, 0.05) is 16.1 Å². The first kappa shape index (κ1) is 15.5. The van der Waals surface area contributed by atoms with E-state index in [0.29, 0.717) is 12.2 Å². The van der Waals surface area contributed by atoms with Gasteiger partial charge in [-0.1, -0.05) is 70.5 Å². The van der Waals surface area contributed by atoms with Crippen LogP contribution in [0.4, 0.5) is 0 Å². The Hall–Kier alpha value is -2.39. The van der Waals surface area contributed by atoms with Gasteiger partial charge in [-0.2, -0.15) is 0 Å². The van der Waals surface area contributed by atoms with Gasteiger partial charge in [0.05, 0.1) is 0 Å². The van der Waals surface area contributed by atoms with Crippen LogP contribution in [0.3, 0.4) is 0 Å². The first-order valence-electron chi connectivity index (χ1n) is 7.33. The molecule has 3 rings (SSSR count). The molecule has 0 saturated heterocycles. The molecular weight excluding hydrogens is 352 g/mol. The van der Waals surface area contributed by atoms with Gasteiger partial charge in [-0.25, -0.2) is 4.79 Å². The van der Waals surface area contributed by atoms with Crippen LogP contribution in [0.25, 0.3) is 17.4 Å². The quantitative estimate of drug-likeness (QED) is 0.624. The predicted octanol–water partition coefficient (Wildman–Crippen LogP) is 5.33. The summed E-state index contributed by atoms with van der Waals surface area (Å²) >= 11 is 3.43. The van der Waals surface area contributed by atoms with Crippen LogP contribution in [0, 0.1) is 0 Å². The van der Waals surface area contributed by atoms with E-state index in [1.807, 2.05) is 60.7 Å². The second kappa shape index (κ2) is 7.25. The lowest BCUT2D eigenvalue weighted by atomic mass is 10.0. The smallest absolute Gasteiger partial charge is 0.336 e. The second-order valence-electron chi connectivity index (χ2n) is 5.13. The summed E-state index contributed by atoms with van der Waals surface area (Å²) < 4.78 is 6.48. The van der Waals surface area contributed by atoms with E-state index in [-0.39, 0.29) is 5.63 Å². The molecule has 114 valence electrons. The highest BCUT2D eigenvalue weighted by Crippen LogP contribution is 2.23. The number of rotatable bonds is 4. The number of benzene rings is 2. The normalized spacial score (nSPS) is 11.0. The van der Waals surface area contributed by atoms with Crippen LogP contribution in [0.5, 0.6) is 0 Å². The Balaban J connectivity index is 1.86. The average molecular weight is 367 g/mol. The molecule has 0 fully saturated rings. The highest BCUT2D eigenvalue weighted by molar-refractivity contribution is 9.10. The van der Waals surface area contributed by atoms with Gasteiger partial charge in [-0.15, -0.1) is 0 Å². The highest BCUT2D eigenvalue weighted by atomic mass is 79.9. The number of halogens is 1. The molecule has 0 bridgehead atoms. The van der Waals surface area contributed by atoms with Gasteiger partial charge in [0.1, 0.15) is 5.76 Å². The molecule has 0 unspecified atom stereocenters. The molecule has 0 atom stereocenters. The Morgan fingerprint density at radius 3 is 2.39 bits per heavy atom. The molecule has 23 heavy (non-hydrogen) atoms. The Morgan fingerprint density at radius 2 is 1.65 bits per heavy atom. The molecule has 0 saturated carbocycles. The largest absolute Gasteiger partial charge is 0.422 e. The van der Waals surface area contributed by atoms with Gasteiger partial charge in [0.25, 0.3) is 0 Å². The number of hydrogen-bond acceptors (Lipinski definition) is 2. The van der Waals surface area contributed by atoms with Crippen molar-refractivity contribution in [3.63, 3.8) is 0 Å². The Labute approximate surface area is 143 Å². The summed E-state index contributed by atoms with van der Waals surface area (Å²) in [4.78, 5) is 11.6. The Morgan fingerprint density at radius 1 is 0.913 bits per heavy atom. The first-order chi connectivity index (χ1) is 11.2. The maximum Gasteiger partial charge on any atom is 0.336 e. The molecule has 0 spiro atoms. The summed E-state index contributed by atoms with van der Waals surface area (Å²) in [6.07, 6.45) is 4.83. The minimum Gasteiger partial charge on any atom is -0.422 e.